The van der Waals surface area contributed by atoms with Crippen molar-refractivity contribution in [2.24, 2.45) is 0 Å². The van der Waals surface area contributed by atoms with E-state index in [-0.39, 0.29) is 0 Å². The number of rotatable bonds is 3. The molecule has 2 heterocycles. The highest BCUT2D eigenvalue weighted by Crippen LogP contribution is 2.38. The highest BCUT2D eigenvalue weighted by Gasteiger charge is 2.26. The van der Waals surface area contributed by atoms with Gasteiger partial charge in [-0.1, -0.05) is 12.8 Å². The van der Waals surface area contributed by atoms with Crippen LogP contribution in [0.25, 0.3) is 11.4 Å². The Hall–Kier alpha value is -1.43. The molecule has 0 aliphatic heterocycles. The SMILES string of the molecule is CNc1snc(C)c1-c1nnc(C)n1C1CCCC1. The summed E-state index contributed by atoms with van der Waals surface area (Å²) < 4.78 is 6.75. The van der Waals surface area contributed by atoms with Gasteiger partial charge in [-0.3, -0.25) is 0 Å². The van der Waals surface area contributed by atoms with Crippen LogP contribution in [0.5, 0.6) is 0 Å². The summed E-state index contributed by atoms with van der Waals surface area (Å²) in [5, 5.41) is 13.0. The number of anilines is 1. The zero-order valence-corrected chi connectivity index (χ0v) is 12.4. The molecule has 1 fully saturated rings. The Morgan fingerprint density at radius 2 is 1.95 bits per heavy atom. The first-order chi connectivity index (χ1) is 9.22. The fourth-order valence-electron chi connectivity index (χ4n) is 2.94. The van der Waals surface area contributed by atoms with Crippen LogP contribution in [0.2, 0.25) is 0 Å². The normalized spacial score (nSPS) is 16.2. The second-order valence-corrected chi connectivity index (χ2v) is 5.87. The average molecular weight is 277 g/mol. The minimum absolute atomic E-state index is 0.550. The van der Waals surface area contributed by atoms with E-state index >= 15 is 0 Å². The van der Waals surface area contributed by atoms with Gasteiger partial charge in [-0.05, 0) is 38.2 Å². The smallest absolute Gasteiger partial charge is 0.169 e. The first kappa shape index (κ1) is 12.6. The van der Waals surface area contributed by atoms with Crippen molar-refractivity contribution in [1.29, 1.82) is 0 Å². The second-order valence-electron chi connectivity index (χ2n) is 5.10. The lowest BCUT2D eigenvalue weighted by Crippen LogP contribution is -2.09. The van der Waals surface area contributed by atoms with Crippen molar-refractivity contribution in [3.63, 3.8) is 0 Å². The standard InChI is InChI=1S/C13H19N5S/c1-8-11(13(14-3)19-17-8)12-16-15-9(2)18(12)10-6-4-5-7-10/h10,14H,4-7H2,1-3H3. The molecule has 0 spiro atoms. The van der Waals surface area contributed by atoms with Gasteiger partial charge in [0.05, 0.1) is 11.3 Å². The Morgan fingerprint density at radius 3 is 2.63 bits per heavy atom. The van der Waals surface area contributed by atoms with E-state index in [1.54, 1.807) is 0 Å². The Bertz CT molecular complexity index is 580. The molecule has 2 aromatic rings. The topological polar surface area (TPSA) is 55.6 Å². The van der Waals surface area contributed by atoms with Gasteiger partial charge in [-0.2, -0.15) is 4.37 Å². The summed E-state index contributed by atoms with van der Waals surface area (Å²) in [5.74, 6) is 1.98. The van der Waals surface area contributed by atoms with Crippen LogP contribution in [0.3, 0.4) is 0 Å². The molecule has 2 aromatic heterocycles. The third-order valence-corrected chi connectivity index (χ3v) is 4.83. The molecule has 0 saturated heterocycles. The molecule has 0 aromatic carbocycles. The summed E-state index contributed by atoms with van der Waals surface area (Å²) in [6.45, 7) is 4.08. The zero-order valence-electron chi connectivity index (χ0n) is 11.6. The molecule has 0 unspecified atom stereocenters. The third-order valence-electron chi connectivity index (χ3n) is 3.87. The van der Waals surface area contributed by atoms with E-state index in [4.69, 9.17) is 0 Å². The predicted molar refractivity (Wildman–Crippen MR) is 77.7 cm³/mol. The number of hydrogen-bond donors (Lipinski definition) is 1. The zero-order chi connectivity index (χ0) is 13.4. The van der Waals surface area contributed by atoms with Crippen LogP contribution in [0.1, 0.15) is 43.2 Å². The van der Waals surface area contributed by atoms with Crippen molar-refractivity contribution in [3.05, 3.63) is 11.5 Å². The number of aromatic nitrogens is 4. The first-order valence-electron chi connectivity index (χ1n) is 6.78. The molecule has 102 valence electrons. The highest BCUT2D eigenvalue weighted by molar-refractivity contribution is 7.10. The third kappa shape index (κ3) is 2.04. The van der Waals surface area contributed by atoms with Crippen LogP contribution >= 0.6 is 11.5 Å². The molecule has 0 bridgehead atoms. The lowest BCUT2D eigenvalue weighted by Gasteiger charge is -2.16. The average Bonchev–Trinajstić information content (AvgIpc) is 3.08. The summed E-state index contributed by atoms with van der Waals surface area (Å²) >= 11 is 1.49. The van der Waals surface area contributed by atoms with Crippen LogP contribution in [0, 0.1) is 13.8 Å². The molecule has 1 aliphatic rings. The Kier molecular flexibility index (Phi) is 3.26. The summed E-state index contributed by atoms with van der Waals surface area (Å²) in [6, 6.07) is 0.550. The highest BCUT2D eigenvalue weighted by atomic mass is 32.1. The van der Waals surface area contributed by atoms with Crippen molar-refractivity contribution in [3.8, 4) is 11.4 Å². The summed E-state index contributed by atoms with van der Waals surface area (Å²) in [4.78, 5) is 0. The van der Waals surface area contributed by atoms with E-state index in [9.17, 15) is 0 Å². The molecule has 5 nitrogen and oxygen atoms in total. The maximum absolute atomic E-state index is 4.44. The van der Waals surface area contributed by atoms with E-state index < -0.39 is 0 Å². The van der Waals surface area contributed by atoms with Gasteiger partial charge in [0.15, 0.2) is 5.82 Å². The van der Waals surface area contributed by atoms with Gasteiger partial charge >= 0.3 is 0 Å². The fraction of sp³-hybridized carbons (Fsp3) is 0.615. The first-order valence-corrected chi connectivity index (χ1v) is 7.55. The van der Waals surface area contributed by atoms with Crippen LogP contribution < -0.4 is 5.32 Å². The quantitative estimate of drug-likeness (QED) is 0.936. The Labute approximate surface area is 117 Å². The maximum Gasteiger partial charge on any atom is 0.169 e. The molecule has 1 saturated carbocycles. The summed E-state index contributed by atoms with van der Waals surface area (Å²) in [5.41, 5.74) is 2.14. The lowest BCUT2D eigenvalue weighted by molar-refractivity contribution is 0.510. The van der Waals surface area contributed by atoms with Crippen molar-refractivity contribution in [2.45, 2.75) is 45.6 Å². The van der Waals surface area contributed by atoms with E-state index in [1.807, 2.05) is 20.9 Å². The van der Waals surface area contributed by atoms with Crippen molar-refractivity contribution >= 4 is 16.5 Å². The van der Waals surface area contributed by atoms with Gasteiger partial charge < -0.3 is 9.88 Å². The molecule has 6 heteroatoms. The van der Waals surface area contributed by atoms with Crippen molar-refractivity contribution < 1.29 is 0 Å². The van der Waals surface area contributed by atoms with Gasteiger partial charge in [0, 0.05) is 13.1 Å². The minimum atomic E-state index is 0.550. The molecule has 3 rings (SSSR count). The van der Waals surface area contributed by atoms with Gasteiger partial charge in [-0.15, -0.1) is 10.2 Å². The molecule has 0 amide bonds. The number of nitrogens with zero attached hydrogens (tertiary/aromatic N) is 4. The monoisotopic (exact) mass is 277 g/mol. The predicted octanol–water partition coefficient (Wildman–Crippen LogP) is 3.18. The van der Waals surface area contributed by atoms with Gasteiger partial charge in [-0.25, -0.2) is 0 Å². The van der Waals surface area contributed by atoms with Gasteiger partial charge in [0.2, 0.25) is 0 Å². The van der Waals surface area contributed by atoms with Crippen LogP contribution in [-0.4, -0.2) is 26.2 Å². The van der Waals surface area contributed by atoms with Crippen LogP contribution in [0.15, 0.2) is 0 Å². The molecule has 1 aliphatic carbocycles. The molecular weight excluding hydrogens is 258 g/mol. The summed E-state index contributed by atoms with van der Waals surface area (Å²) in [7, 11) is 1.93. The number of nitrogens with one attached hydrogen (secondary N) is 1. The minimum Gasteiger partial charge on any atom is -0.378 e. The van der Waals surface area contributed by atoms with Gasteiger partial charge in [0.25, 0.3) is 0 Å². The molecule has 0 radical (unpaired) electrons. The van der Waals surface area contributed by atoms with E-state index in [2.05, 4.69) is 24.5 Å². The molecular formula is C13H19N5S. The largest absolute Gasteiger partial charge is 0.378 e. The Morgan fingerprint density at radius 1 is 1.21 bits per heavy atom. The molecule has 19 heavy (non-hydrogen) atoms. The van der Waals surface area contributed by atoms with Crippen molar-refractivity contribution in [1.82, 2.24) is 19.1 Å². The van der Waals surface area contributed by atoms with Crippen LogP contribution in [0.4, 0.5) is 5.00 Å². The number of aryl methyl sites for hydroxylation is 2. The molecule has 0 atom stereocenters. The molecule has 1 N–H and O–H groups in total. The second kappa shape index (κ2) is 4.92. The van der Waals surface area contributed by atoms with E-state index in [0.29, 0.717) is 6.04 Å². The van der Waals surface area contributed by atoms with Crippen molar-refractivity contribution in [2.75, 3.05) is 12.4 Å². The fourth-order valence-corrected chi connectivity index (χ4v) is 3.68. The van der Waals surface area contributed by atoms with Gasteiger partial charge in [0.1, 0.15) is 10.8 Å². The van der Waals surface area contributed by atoms with E-state index in [0.717, 1.165) is 27.9 Å². The summed E-state index contributed by atoms with van der Waals surface area (Å²) in [6.07, 6.45) is 5.08. The Balaban J connectivity index is 2.12. The lowest BCUT2D eigenvalue weighted by atomic mass is 10.2. The maximum atomic E-state index is 4.44. The van der Waals surface area contributed by atoms with E-state index in [1.165, 1.54) is 37.2 Å². The van der Waals surface area contributed by atoms with Crippen LogP contribution in [-0.2, 0) is 0 Å². The number of hydrogen-bond acceptors (Lipinski definition) is 5.